The Hall–Kier alpha value is -3.91. The molecule has 3 amide bonds. The number of urea groups is 1. The summed E-state index contributed by atoms with van der Waals surface area (Å²) >= 11 is 0. The Labute approximate surface area is 200 Å². The van der Waals surface area contributed by atoms with Crippen LogP contribution in [0.4, 0.5) is 21.9 Å². The second-order valence-corrected chi connectivity index (χ2v) is 8.48. The van der Waals surface area contributed by atoms with E-state index in [-0.39, 0.29) is 23.7 Å². The molecule has 8 heteroatoms. The van der Waals surface area contributed by atoms with Gasteiger partial charge in [-0.25, -0.2) is 4.79 Å². The lowest BCUT2D eigenvalue weighted by Crippen LogP contribution is -2.33. The zero-order valence-corrected chi connectivity index (χ0v) is 19.8. The maximum Gasteiger partial charge on any atom is 0.319 e. The van der Waals surface area contributed by atoms with Crippen molar-refractivity contribution in [3.8, 4) is 0 Å². The molecule has 0 saturated carbocycles. The summed E-state index contributed by atoms with van der Waals surface area (Å²) in [5.74, 6) is -0.348. The predicted octanol–water partition coefficient (Wildman–Crippen LogP) is 4.43. The van der Waals surface area contributed by atoms with E-state index in [4.69, 9.17) is 5.73 Å². The lowest BCUT2D eigenvalue weighted by Gasteiger charge is -2.21. The summed E-state index contributed by atoms with van der Waals surface area (Å²) in [5.41, 5.74) is 9.82. The molecule has 0 spiro atoms. The summed E-state index contributed by atoms with van der Waals surface area (Å²) in [4.78, 5) is 31.7. The molecule has 0 aliphatic heterocycles. The van der Waals surface area contributed by atoms with Crippen LogP contribution in [0.5, 0.6) is 0 Å². The summed E-state index contributed by atoms with van der Waals surface area (Å²) in [6.45, 7) is 2.87. The van der Waals surface area contributed by atoms with Crippen molar-refractivity contribution in [1.29, 1.82) is 0 Å². The molecule has 178 valence electrons. The van der Waals surface area contributed by atoms with Gasteiger partial charge in [0.05, 0.1) is 17.4 Å². The van der Waals surface area contributed by atoms with Crippen LogP contribution in [0.1, 0.15) is 40.5 Å². The maximum atomic E-state index is 12.7. The van der Waals surface area contributed by atoms with Crippen LogP contribution in [0.2, 0.25) is 0 Å². The minimum absolute atomic E-state index is 0.251. The fourth-order valence-electron chi connectivity index (χ4n) is 3.52. The largest absolute Gasteiger partial charge is 0.397 e. The van der Waals surface area contributed by atoms with Crippen molar-refractivity contribution >= 4 is 29.0 Å². The Morgan fingerprint density at radius 1 is 1.03 bits per heavy atom. The van der Waals surface area contributed by atoms with Gasteiger partial charge in [-0.2, -0.15) is 0 Å². The first kappa shape index (κ1) is 24.7. The van der Waals surface area contributed by atoms with Gasteiger partial charge in [-0.3, -0.25) is 9.78 Å². The number of hydrogen-bond donors (Lipinski definition) is 4. The van der Waals surface area contributed by atoms with E-state index in [9.17, 15) is 9.59 Å². The Morgan fingerprint density at radius 3 is 2.50 bits per heavy atom. The number of hydrogen-bond acceptors (Lipinski definition) is 5. The molecule has 2 aromatic carbocycles. The van der Waals surface area contributed by atoms with Crippen LogP contribution >= 0.6 is 0 Å². The van der Waals surface area contributed by atoms with Crippen molar-refractivity contribution in [1.82, 2.24) is 15.2 Å². The van der Waals surface area contributed by atoms with Crippen LogP contribution in [0.25, 0.3) is 0 Å². The fraction of sp³-hybridized carbons (Fsp3) is 0.269. The average Bonchev–Trinajstić information content (AvgIpc) is 2.80. The van der Waals surface area contributed by atoms with E-state index in [0.29, 0.717) is 11.4 Å². The first-order chi connectivity index (χ1) is 16.3. The van der Waals surface area contributed by atoms with E-state index in [1.807, 2.05) is 51.4 Å². The van der Waals surface area contributed by atoms with Gasteiger partial charge in [0.1, 0.15) is 5.69 Å². The van der Waals surface area contributed by atoms with Crippen molar-refractivity contribution in [3.63, 3.8) is 0 Å². The quantitative estimate of drug-likeness (QED) is 0.353. The number of para-hydroxylation sites is 2. The minimum Gasteiger partial charge on any atom is -0.397 e. The highest BCUT2D eigenvalue weighted by Crippen LogP contribution is 2.21. The lowest BCUT2D eigenvalue weighted by molar-refractivity contribution is 0.102. The van der Waals surface area contributed by atoms with E-state index >= 15 is 0 Å². The lowest BCUT2D eigenvalue weighted by atomic mass is 10.0. The highest BCUT2D eigenvalue weighted by Gasteiger charge is 2.17. The Balaban J connectivity index is 1.70. The molecular weight excluding hydrogens is 428 g/mol. The van der Waals surface area contributed by atoms with Gasteiger partial charge >= 0.3 is 6.03 Å². The first-order valence-corrected chi connectivity index (χ1v) is 11.2. The third-order valence-corrected chi connectivity index (χ3v) is 5.31. The van der Waals surface area contributed by atoms with Crippen molar-refractivity contribution in [3.05, 3.63) is 83.7 Å². The second kappa shape index (κ2) is 11.8. The van der Waals surface area contributed by atoms with E-state index in [0.717, 1.165) is 36.2 Å². The molecule has 1 unspecified atom stereocenters. The number of benzene rings is 2. The number of nitrogen functional groups attached to an aromatic ring is 1. The number of anilines is 3. The SMILES string of the molecule is Cc1cccc(NC(=O)NC(CCCN(C)C)c2ccc(C(=O)Nc3ccccc3N)nc2)c1. The molecule has 0 saturated heterocycles. The smallest absolute Gasteiger partial charge is 0.319 e. The number of nitrogens with one attached hydrogen (secondary N) is 3. The maximum absolute atomic E-state index is 12.7. The molecule has 5 N–H and O–H groups in total. The van der Waals surface area contributed by atoms with Crippen LogP contribution in [0.15, 0.2) is 66.9 Å². The number of aryl methyl sites for hydroxylation is 1. The molecule has 34 heavy (non-hydrogen) atoms. The van der Waals surface area contributed by atoms with Crippen LogP contribution in [-0.4, -0.2) is 42.5 Å². The number of pyridine rings is 1. The second-order valence-electron chi connectivity index (χ2n) is 8.48. The topological polar surface area (TPSA) is 112 Å². The van der Waals surface area contributed by atoms with Crippen molar-refractivity contribution in [2.75, 3.05) is 37.0 Å². The number of carbonyl (C=O) groups is 2. The van der Waals surface area contributed by atoms with E-state index in [2.05, 4.69) is 25.8 Å². The molecule has 1 aromatic heterocycles. The molecule has 0 radical (unpaired) electrons. The predicted molar refractivity (Wildman–Crippen MR) is 137 cm³/mol. The normalized spacial score (nSPS) is 11.6. The van der Waals surface area contributed by atoms with Crippen LogP contribution < -0.4 is 21.7 Å². The number of aromatic nitrogens is 1. The minimum atomic E-state index is -0.348. The molecule has 3 aromatic rings. The summed E-state index contributed by atoms with van der Waals surface area (Å²) in [6, 6.07) is 17.6. The van der Waals surface area contributed by atoms with Crippen molar-refractivity contribution in [2.45, 2.75) is 25.8 Å². The number of rotatable bonds is 9. The monoisotopic (exact) mass is 460 g/mol. The molecule has 1 heterocycles. The number of carbonyl (C=O) groups excluding carboxylic acids is 2. The van der Waals surface area contributed by atoms with Gasteiger partial charge in [-0.15, -0.1) is 0 Å². The Morgan fingerprint density at radius 2 is 1.82 bits per heavy atom. The molecule has 1 atom stereocenters. The van der Waals surface area contributed by atoms with Crippen LogP contribution in [0.3, 0.4) is 0 Å². The molecule has 3 rings (SSSR count). The van der Waals surface area contributed by atoms with Gasteiger partial charge in [-0.05, 0) is 81.9 Å². The molecular formula is C26H32N6O2. The van der Waals surface area contributed by atoms with E-state index in [1.54, 1.807) is 36.5 Å². The number of nitrogens with zero attached hydrogens (tertiary/aromatic N) is 2. The number of amides is 3. The molecule has 0 aliphatic rings. The average molecular weight is 461 g/mol. The molecule has 8 nitrogen and oxygen atoms in total. The van der Waals surface area contributed by atoms with Gasteiger partial charge in [0.2, 0.25) is 0 Å². The van der Waals surface area contributed by atoms with Gasteiger partial charge in [-0.1, -0.05) is 30.3 Å². The summed E-state index contributed by atoms with van der Waals surface area (Å²) < 4.78 is 0. The zero-order valence-electron chi connectivity index (χ0n) is 19.8. The third-order valence-electron chi connectivity index (χ3n) is 5.31. The van der Waals surface area contributed by atoms with Crippen molar-refractivity contribution in [2.24, 2.45) is 0 Å². The molecule has 0 fully saturated rings. The zero-order chi connectivity index (χ0) is 24.5. The third kappa shape index (κ3) is 7.31. The fourth-order valence-corrected chi connectivity index (χ4v) is 3.52. The first-order valence-electron chi connectivity index (χ1n) is 11.2. The summed E-state index contributed by atoms with van der Waals surface area (Å²) in [5, 5.41) is 8.71. The Bertz CT molecular complexity index is 1110. The number of nitrogens with two attached hydrogens (primary N) is 1. The van der Waals surface area contributed by atoms with Gasteiger partial charge < -0.3 is 26.6 Å². The highest BCUT2D eigenvalue weighted by atomic mass is 16.2. The van der Waals surface area contributed by atoms with E-state index < -0.39 is 0 Å². The van der Waals surface area contributed by atoms with Gasteiger partial charge in [0.15, 0.2) is 0 Å². The molecule has 0 bridgehead atoms. The van der Waals surface area contributed by atoms with Crippen LogP contribution in [-0.2, 0) is 0 Å². The van der Waals surface area contributed by atoms with Gasteiger partial charge in [0, 0.05) is 11.9 Å². The highest BCUT2D eigenvalue weighted by molar-refractivity contribution is 6.04. The van der Waals surface area contributed by atoms with Crippen molar-refractivity contribution < 1.29 is 9.59 Å². The summed E-state index contributed by atoms with van der Waals surface area (Å²) in [6.07, 6.45) is 3.25. The van der Waals surface area contributed by atoms with Crippen LogP contribution in [0, 0.1) is 6.92 Å². The molecule has 0 aliphatic carbocycles. The standard InChI is InChI=1S/C26H32N6O2/c1-18-8-6-9-20(16-18)29-26(34)31-22(12-7-15-32(2)3)19-13-14-24(28-17-19)25(33)30-23-11-5-4-10-21(23)27/h4-6,8-11,13-14,16-17,22H,7,12,15,27H2,1-3H3,(H,30,33)(H2,29,31,34). The van der Waals surface area contributed by atoms with Gasteiger partial charge in [0.25, 0.3) is 5.91 Å². The summed E-state index contributed by atoms with van der Waals surface area (Å²) in [7, 11) is 4.03. The Kier molecular flexibility index (Phi) is 8.59. The van der Waals surface area contributed by atoms with E-state index in [1.165, 1.54) is 0 Å².